The van der Waals surface area contributed by atoms with Crippen LogP contribution in [0.25, 0.3) is 0 Å². The fourth-order valence-corrected chi connectivity index (χ4v) is 5.04. The van der Waals surface area contributed by atoms with Crippen LogP contribution in [-0.4, -0.2) is 78.8 Å². The van der Waals surface area contributed by atoms with Crippen LogP contribution < -0.4 is 5.73 Å². The van der Waals surface area contributed by atoms with Gasteiger partial charge in [0.05, 0.1) is 13.2 Å². The Bertz CT molecular complexity index is 277. The van der Waals surface area contributed by atoms with Gasteiger partial charge in [-0.05, 0) is 18.6 Å². The average molecular weight is 271 g/mol. The fraction of sp³-hybridized carbons (Fsp3) is 1.00. The van der Waals surface area contributed by atoms with Gasteiger partial charge in [0.1, 0.15) is 0 Å². The molecule has 3 heterocycles. The fourth-order valence-electron chi connectivity index (χ4n) is 3.55. The summed E-state index contributed by atoms with van der Waals surface area (Å²) in [6.07, 6.45) is 2.59. The molecule has 3 aliphatic rings. The zero-order valence-corrected chi connectivity index (χ0v) is 12.0. The third-order valence-corrected chi connectivity index (χ3v) is 6.09. The Morgan fingerprint density at radius 2 is 2.11 bits per heavy atom. The number of hydrogen-bond donors (Lipinski definition) is 1. The third-order valence-electron chi connectivity index (χ3n) is 4.86. The first-order valence-electron chi connectivity index (χ1n) is 7.19. The van der Waals surface area contributed by atoms with Gasteiger partial charge in [-0.25, -0.2) is 0 Å². The maximum Gasteiger partial charge on any atom is 0.0594 e. The molecular formula is C13H25N3OS. The molecule has 0 bridgehead atoms. The molecule has 0 amide bonds. The van der Waals surface area contributed by atoms with Crippen LogP contribution in [0.5, 0.6) is 0 Å². The summed E-state index contributed by atoms with van der Waals surface area (Å²) >= 11 is 2.07. The minimum absolute atomic E-state index is 0.311. The zero-order chi connectivity index (χ0) is 12.4. The Kier molecular flexibility index (Phi) is 4.15. The van der Waals surface area contributed by atoms with Crippen LogP contribution in [0.2, 0.25) is 0 Å². The first-order valence-corrected chi connectivity index (χ1v) is 8.34. The van der Waals surface area contributed by atoms with Gasteiger partial charge in [0, 0.05) is 50.1 Å². The molecule has 5 heteroatoms. The molecule has 2 atom stereocenters. The largest absolute Gasteiger partial charge is 0.379 e. The van der Waals surface area contributed by atoms with Crippen molar-refractivity contribution in [1.82, 2.24) is 9.80 Å². The lowest BCUT2D eigenvalue weighted by molar-refractivity contribution is 0.0157. The van der Waals surface area contributed by atoms with Gasteiger partial charge in [-0.2, -0.15) is 11.8 Å². The Balaban J connectivity index is 1.60. The number of nitrogens with zero attached hydrogens (tertiary/aromatic N) is 2. The third kappa shape index (κ3) is 2.43. The number of hydrogen-bond acceptors (Lipinski definition) is 5. The Hall–Kier alpha value is 0.190. The lowest BCUT2D eigenvalue weighted by Crippen LogP contribution is -2.54. The number of morpholine rings is 1. The second-order valence-corrected chi connectivity index (χ2v) is 6.87. The number of rotatable bonds is 3. The van der Waals surface area contributed by atoms with E-state index in [1.165, 1.54) is 37.4 Å². The van der Waals surface area contributed by atoms with Crippen LogP contribution in [0.3, 0.4) is 0 Å². The minimum atomic E-state index is 0.311. The summed E-state index contributed by atoms with van der Waals surface area (Å²) in [6.45, 7) is 7.34. The highest BCUT2D eigenvalue weighted by atomic mass is 32.2. The lowest BCUT2D eigenvalue weighted by atomic mass is 9.97. The second-order valence-electron chi connectivity index (χ2n) is 5.77. The van der Waals surface area contributed by atoms with Crippen molar-refractivity contribution >= 4 is 11.8 Å². The van der Waals surface area contributed by atoms with Crippen molar-refractivity contribution in [2.24, 2.45) is 5.73 Å². The molecule has 3 aliphatic heterocycles. The highest BCUT2D eigenvalue weighted by Crippen LogP contribution is 2.35. The van der Waals surface area contributed by atoms with Crippen molar-refractivity contribution in [3.63, 3.8) is 0 Å². The quantitative estimate of drug-likeness (QED) is 0.796. The van der Waals surface area contributed by atoms with E-state index in [1.807, 2.05) is 0 Å². The smallest absolute Gasteiger partial charge is 0.0594 e. The molecule has 2 unspecified atom stereocenters. The highest BCUT2D eigenvalue weighted by Gasteiger charge is 2.43. The predicted octanol–water partition coefficient (Wildman–Crippen LogP) is 0.227. The van der Waals surface area contributed by atoms with Gasteiger partial charge in [-0.1, -0.05) is 0 Å². The van der Waals surface area contributed by atoms with Crippen molar-refractivity contribution in [3.8, 4) is 0 Å². The summed E-state index contributed by atoms with van der Waals surface area (Å²) in [6, 6.07) is 0.739. The normalized spacial score (nSPS) is 39.5. The first-order chi connectivity index (χ1) is 8.84. The van der Waals surface area contributed by atoms with E-state index in [9.17, 15) is 0 Å². The molecule has 18 heavy (non-hydrogen) atoms. The van der Waals surface area contributed by atoms with E-state index in [1.54, 1.807) is 0 Å². The summed E-state index contributed by atoms with van der Waals surface area (Å²) in [4.78, 5) is 5.31. The summed E-state index contributed by atoms with van der Waals surface area (Å²) in [7, 11) is 0. The predicted molar refractivity (Wildman–Crippen MR) is 76.1 cm³/mol. The van der Waals surface area contributed by atoms with Gasteiger partial charge in [0.25, 0.3) is 0 Å². The van der Waals surface area contributed by atoms with Gasteiger partial charge in [-0.15, -0.1) is 0 Å². The van der Waals surface area contributed by atoms with Crippen molar-refractivity contribution in [2.45, 2.75) is 24.4 Å². The summed E-state index contributed by atoms with van der Waals surface area (Å²) in [5.74, 6) is 2.52. The van der Waals surface area contributed by atoms with Crippen LogP contribution >= 0.6 is 11.8 Å². The van der Waals surface area contributed by atoms with Crippen LogP contribution in [0.1, 0.15) is 12.8 Å². The van der Waals surface area contributed by atoms with E-state index in [0.717, 1.165) is 38.9 Å². The van der Waals surface area contributed by atoms with Crippen molar-refractivity contribution in [3.05, 3.63) is 0 Å². The monoisotopic (exact) mass is 271 g/mol. The molecule has 3 saturated heterocycles. The van der Waals surface area contributed by atoms with Gasteiger partial charge < -0.3 is 10.5 Å². The van der Waals surface area contributed by atoms with Crippen molar-refractivity contribution < 1.29 is 4.74 Å². The maximum absolute atomic E-state index is 6.08. The molecule has 0 radical (unpaired) electrons. The molecule has 0 saturated carbocycles. The summed E-state index contributed by atoms with van der Waals surface area (Å²) < 4.78 is 5.45. The standard InChI is InChI=1S/C13H25N3OS/c14-10-13(2-8-18-11-13)16-3-1-12(9-16)15-4-6-17-7-5-15/h12H,1-11,14H2. The van der Waals surface area contributed by atoms with Crippen LogP contribution in [0, 0.1) is 0 Å². The Morgan fingerprint density at radius 1 is 1.28 bits per heavy atom. The van der Waals surface area contributed by atoms with E-state index in [2.05, 4.69) is 21.6 Å². The molecule has 0 aromatic rings. The lowest BCUT2D eigenvalue weighted by Gasteiger charge is -2.38. The number of nitrogens with two attached hydrogens (primary N) is 1. The molecule has 3 rings (SSSR count). The molecule has 2 N–H and O–H groups in total. The van der Waals surface area contributed by atoms with E-state index in [0.29, 0.717) is 5.54 Å². The summed E-state index contributed by atoms with van der Waals surface area (Å²) in [5, 5.41) is 0. The van der Waals surface area contributed by atoms with Gasteiger partial charge in [0.2, 0.25) is 0 Å². The zero-order valence-electron chi connectivity index (χ0n) is 11.1. The van der Waals surface area contributed by atoms with E-state index in [-0.39, 0.29) is 0 Å². The van der Waals surface area contributed by atoms with E-state index >= 15 is 0 Å². The van der Waals surface area contributed by atoms with Gasteiger partial charge >= 0.3 is 0 Å². The molecule has 104 valence electrons. The second kappa shape index (κ2) is 5.67. The molecular weight excluding hydrogens is 246 g/mol. The van der Waals surface area contributed by atoms with Crippen molar-refractivity contribution in [1.29, 1.82) is 0 Å². The number of thioether (sulfide) groups is 1. The topological polar surface area (TPSA) is 41.7 Å². The first kappa shape index (κ1) is 13.2. The maximum atomic E-state index is 6.08. The minimum Gasteiger partial charge on any atom is -0.379 e. The molecule has 4 nitrogen and oxygen atoms in total. The Labute approximate surface area is 114 Å². The van der Waals surface area contributed by atoms with Crippen LogP contribution in [0.15, 0.2) is 0 Å². The number of ether oxygens (including phenoxy) is 1. The average Bonchev–Trinajstić information content (AvgIpc) is 3.09. The molecule has 0 aromatic heterocycles. The van der Waals surface area contributed by atoms with Gasteiger partial charge in [0.15, 0.2) is 0 Å². The SMILES string of the molecule is NCC1(N2CCC(N3CCOCC3)C2)CCSC1. The Morgan fingerprint density at radius 3 is 2.78 bits per heavy atom. The van der Waals surface area contributed by atoms with Crippen molar-refractivity contribution in [2.75, 3.05) is 57.4 Å². The van der Waals surface area contributed by atoms with Gasteiger partial charge in [-0.3, -0.25) is 9.80 Å². The van der Waals surface area contributed by atoms with E-state index in [4.69, 9.17) is 10.5 Å². The molecule has 3 fully saturated rings. The molecule has 0 aromatic carbocycles. The van der Waals surface area contributed by atoms with E-state index < -0.39 is 0 Å². The molecule has 0 aliphatic carbocycles. The number of likely N-dealkylation sites (tertiary alicyclic amines) is 1. The highest BCUT2D eigenvalue weighted by molar-refractivity contribution is 7.99. The molecule has 0 spiro atoms. The van der Waals surface area contributed by atoms with Crippen LogP contribution in [-0.2, 0) is 4.74 Å². The van der Waals surface area contributed by atoms with Crippen LogP contribution in [0.4, 0.5) is 0 Å². The summed E-state index contributed by atoms with van der Waals surface area (Å²) in [5.41, 5.74) is 6.40.